The molecule has 1 N–H and O–H groups in total. The Hall–Kier alpha value is -2.44. The van der Waals surface area contributed by atoms with Crippen LogP contribution in [0.15, 0.2) is 21.3 Å². The van der Waals surface area contributed by atoms with E-state index in [2.05, 4.69) is 9.15 Å². The zero-order valence-corrected chi connectivity index (χ0v) is 8.99. The van der Waals surface area contributed by atoms with Crippen molar-refractivity contribution in [3.8, 4) is 11.5 Å². The molecule has 2 rings (SSSR count). The molecule has 0 spiro atoms. The minimum Gasteiger partial charge on any atom is -0.503 e. The van der Waals surface area contributed by atoms with Gasteiger partial charge >= 0.3 is 11.6 Å². The van der Waals surface area contributed by atoms with Crippen molar-refractivity contribution in [2.75, 3.05) is 0 Å². The molecule has 1 aromatic carbocycles. The van der Waals surface area contributed by atoms with Crippen molar-refractivity contribution in [2.24, 2.45) is 0 Å². The van der Waals surface area contributed by atoms with Gasteiger partial charge in [-0.2, -0.15) is 4.39 Å². The SMILES string of the molecule is CC(=O)Oc1cc2cc(F)c(O)c(F)c2oc1=O. The van der Waals surface area contributed by atoms with E-state index < -0.39 is 40.3 Å². The summed E-state index contributed by atoms with van der Waals surface area (Å²) in [6, 6.07) is 1.71. The largest absolute Gasteiger partial charge is 0.503 e. The zero-order chi connectivity index (χ0) is 13.4. The topological polar surface area (TPSA) is 76.7 Å². The first-order valence-electron chi connectivity index (χ1n) is 4.73. The van der Waals surface area contributed by atoms with Gasteiger partial charge in [-0.15, -0.1) is 0 Å². The van der Waals surface area contributed by atoms with Crippen LogP contribution in [0, 0.1) is 11.6 Å². The van der Waals surface area contributed by atoms with Gasteiger partial charge in [-0.05, 0) is 12.1 Å². The molecule has 0 aliphatic carbocycles. The average molecular weight is 256 g/mol. The highest BCUT2D eigenvalue weighted by molar-refractivity contribution is 5.81. The summed E-state index contributed by atoms with van der Waals surface area (Å²) >= 11 is 0. The molecule has 94 valence electrons. The van der Waals surface area contributed by atoms with E-state index in [1.165, 1.54) is 0 Å². The van der Waals surface area contributed by atoms with E-state index in [-0.39, 0.29) is 5.39 Å². The fourth-order valence-corrected chi connectivity index (χ4v) is 1.39. The highest BCUT2D eigenvalue weighted by Gasteiger charge is 2.17. The number of rotatable bonds is 1. The maximum absolute atomic E-state index is 13.4. The maximum Gasteiger partial charge on any atom is 0.379 e. The minimum absolute atomic E-state index is 0.154. The lowest BCUT2D eigenvalue weighted by Gasteiger charge is -2.04. The molecule has 18 heavy (non-hydrogen) atoms. The highest BCUT2D eigenvalue weighted by Crippen LogP contribution is 2.29. The lowest BCUT2D eigenvalue weighted by Crippen LogP contribution is -2.11. The van der Waals surface area contributed by atoms with E-state index in [4.69, 9.17) is 5.11 Å². The van der Waals surface area contributed by atoms with Crippen LogP contribution >= 0.6 is 0 Å². The fraction of sp³-hybridized carbons (Fsp3) is 0.0909. The van der Waals surface area contributed by atoms with Crippen molar-refractivity contribution in [3.63, 3.8) is 0 Å². The molecular weight excluding hydrogens is 250 g/mol. The molecule has 0 fully saturated rings. The molecule has 1 heterocycles. The molecule has 5 nitrogen and oxygen atoms in total. The summed E-state index contributed by atoms with van der Waals surface area (Å²) in [5, 5.41) is 8.86. The predicted octanol–water partition coefficient (Wildman–Crippen LogP) is 1.70. The molecule has 0 aliphatic heterocycles. The van der Waals surface area contributed by atoms with Gasteiger partial charge in [0, 0.05) is 12.3 Å². The smallest absolute Gasteiger partial charge is 0.379 e. The third-order valence-corrected chi connectivity index (χ3v) is 2.11. The number of aromatic hydroxyl groups is 1. The van der Waals surface area contributed by atoms with Crippen LogP contribution < -0.4 is 10.4 Å². The van der Waals surface area contributed by atoms with Crippen LogP contribution in [0.4, 0.5) is 8.78 Å². The van der Waals surface area contributed by atoms with Crippen molar-refractivity contribution in [1.82, 2.24) is 0 Å². The Kier molecular flexibility index (Phi) is 2.74. The summed E-state index contributed by atoms with van der Waals surface area (Å²) in [4.78, 5) is 22.0. The van der Waals surface area contributed by atoms with E-state index in [9.17, 15) is 18.4 Å². The summed E-state index contributed by atoms with van der Waals surface area (Å²) in [5.74, 6) is -5.12. The summed E-state index contributed by atoms with van der Waals surface area (Å²) in [5.41, 5.74) is -1.72. The molecule has 0 unspecified atom stereocenters. The van der Waals surface area contributed by atoms with Crippen molar-refractivity contribution in [3.05, 3.63) is 34.2 Å². The average Bonchev–Trinajstić information content (AvgIpc) is 2.28. The van der Waals surface area contributed by atoms with E-state index in [0.717, 1.165) is 19.1 Å². The molecule has 0 atom stereocenters. The second-order valence-corrected chi connectivity index (χ2v) is 3.43. The third kappa shape index (κ3) is 1.90. The molecule has 2 aromatic rings. The molecule has 7 heteroatoms. The van der Waals surface area contributed by atoms with Gasteiger partial charge in [0.05, 0.1) is 0 Å². The van der Waals surface area contributed by atoms with Crippen LogP contribution in [-0.4, -0.2) is 11.1 Å². The number of halogens is 2. The number of phenols is 1. The van der Waals surface area contributed by atoms with E-state index in [1.807, 2.05) is 0 Å². The van der Waals surface area contributed by atoms with Crippen LogP contribution in [0.1, 0.15) is 6.92 Å². The third-order valence-electron chi connectivity index (χ3n) is 2.11. The fourth-order valence-electron chi connectivity index (χ4n) is 1.39. The number of fused-ring (bicyclic) bond motifs is 1. The van der Waals surface area contributed by atoms with Crippen LogP contribution in [0.2, 0.25) is 0 Å². The number of ether oxygens (including phenoxy) is 1. The summed E-state index contributed by atoms with van der Waals surface area (Å²) in [7, 11) is 0. The first kappa shape index (κ1) is 12.0. The highest BCUT2D eigenvalue weighted by atomic mass is 19.1. The van der Waals surface area contributed by atoms with Crippen molar-refractivity contribution < 1.29 is 27.8 Å². The van der Waals surface area contributed by atoms with E-state index in [0.29, 0.717) is 0 Å². The van der Waals surface area contributed by atoms with Gasteiger partial charge in [-0.3, -0.25) is 4.79 Å². The van der Waals surface area contributed by atoms with Crippen LogP contribution in [0.3, 0.4) is 0 Å². The van der Waals surface area contributed by atoms with Crippen LogP contribution in [-0.2, 0) is 4.79 Å². The standard InChI is InChI=1S/C11H6F2O5/c1-4(14)17-7-3-5-2-6(12)9(15)8(13)10(5)18-11(7)16/h2-3,15H,1H3. The van der Waals surface area contributed by atoms with Gasteiger partial charge < -0.3 is 14.3 Å². The van der Waals surface area contributed by atoms with Gasteiger partial charge in [-0.25, -0.2) is 9.18 Å². The summed E-state index contributed by atoms with van der Waals surface area (Å²) < 4.78 is 35.5. The number of carbonyl (C=O) groups excluding carboxylic acids is 1. The van der Waals surface area contributed by atoms with Crippen molar-refractivity contribution in [2.45, 2.75) is 6.92 Å². The van der Waals surface area contributed by atoms with E-state index >= 15 is 0 Å². The Bertz CT molecular complexity index is 705. The quantitative estimate of drug-likeness (QED) is 0.620. The summed E-state index contributed by atoms with van der Waals surface area (Å²) in [6.07, 6.45) is 0. The van der Waals surface area contributed by atoms with Gasteiger partial charge in [0.2, 0.25) is 11.6 Å². The Morgan fingerprint density at radius 2 is 2.06 bits per heavy atom. The molecule has 1 aromatic heterocycles. The van der Waals surface area contributed by atoms with Crippen molar-refractivity contribution in [1.29, 1.82) is 0 Å². The predicted molar refractivity (Wildman–Crippen MR) is 55.4 cm³/mol. The van der Waals surface area contributed by atoms with Crippen LogP contribution in [0.5, 0.6) is 11.5 Å². The molecule has 0 saturated carbocycles. The summed E-state index contributed by atoms with van der Waals surface area (Å²) in [6.45, 7) is 1.06. The monoisotopic (exact) mass is 256 g/mol. The Morgan fingerprint density at radius 1 is 1.39 bits per heavy atom. The van der Waals surface area contributed by atoms with Gasteiger partial charge in [-0.1, -0.05) is 0 Å². The number of carbonyl (C=O) groups is 1. The first-order chi connectivity index (χ1) is 8.40. The lowest BCUT2D eigenvalue weighted by molar-refractivity contribution is -0.132. The Labute approximate surface area is 98.2 Å². The van der Waals surface area contributed by atoms with E-state index in [1.54, 1.807) is 0 Å². The van der Waals surface area contributed by atoms with Crippen molar-refractivity contribution >= 4 is 16.9 Å². The second kappa shape index (κ2) is 4.10. The van der Waals surface area contributed by atoms with Gasteiger partial charge in [0.15, 0.2) is 17.1 Å². The Balaban J connectivity index is 2.76. The van der Waals surface area contributed by atoms with Gasteiger partial charge in [0.1, 0.15) is 0 Å². The molecule has 0 saturated heterocycles. The molecule has 0 radical (unpaired) electrons. The maximum atomic E-state index is 13.4. The minimum atomic E-state index is -1.39. The first-order valence-corrected chi connectivity index (χ1v) is 4.73. The number of hydrogen-bond acceptors (Lipinski definition) is 5. The zero-order valence-electron chi connectivity index (χ0n) is 8.99. The molecule has 0 bridgehead atoms. The normalized spacial score (nSPS) is 10.6. The number of phenolic OH excluding ortho intramolecular Hbond substituents is 1. The number of benzene rings is 1. The van der Waals surface area contributed by atoms with Gasteiger partial charge in [0.25, 0.3) is 0 Å². The lowest BCUT2D eigenvalue weighted by atomic mass is 10.2. The molecule has 0 aliphatic rings. The molecule has 0 amide bonds. The molecular formula is C11H6F2O5. The second-order valence-electron chi connectivity index (χ2n) is 3.43. The van der Waals surface area contributed by atoms with Crippen LogP contribution in [0.25, 0.3) is 11.0 Å². The number of esters is 1. The Morgan fingerprint density at radius 3 is 2.67 bits per heavy atom. The number of hydrogen-bond donors (Lipinski definition) is 1.